The van der Waals surface area contributed by atoms with Crippen LogP contribution >= 0.6 is 0 Å². The number of aromatic amines is 1. The van der Waals surface area contributed by atoms with Crippen LogP contribution in [0.15, 0.2) is 36.8 Å². The second kappa shape index (κ2) is 4.50. The third-order valence-corrected chi connectivity index (χ3v) is 2.23. The Morgan fingerprint density at radius 2 is 2.20 bits per heavy atom. The van der Waals surface area contributed by atoms with Crippen molar-refractivity contribution in [1.82, 2.24) is 9.97 Å². The number of rotatable bonds is 4. The predicted molar refractivity (Wildman–Crippen MR) is 61.6 cm³/mol. The molecule has 0 aliphatic rings. The molecule has 0 saturated heterocycles. The van der Waals surface area contributed by atoms with Gasteiger partial charge in [0.1, 0.15) is 0 Å². The van der Waals surface area contributed by atoms with Crippen molar-refractivity contribution in [1.29, 1.82) is 0 Å². The first-order chi connectivity index (χ1) is 7.36. The molecule has 78 valence electrons. The Kier molecular flexibility index (Phi) is 2.88. The molecule has 0 bridgehead atoms. The van der Waals surface area contributed by atoms with Crippen molar-refractivity contribution in [2.45, 2.75) is 6.42 Å². The molecule has 2 rings (SSSR count). The molecule has 4 N–H and O–H groups in total. The third kappa shape index (κ3) is 2.49. The highest BCUT2D eigenvalue weighted by molar-refractivity contribution is 5.65. The number of anilines is 2. The summed E-state index contributed by atoms with van der Waals surface area (Å²) < 4.78 is 0. The highest BCUT2D eigenvalue weighted by Gasteiger charge is 1.97. The first-order valence-electron chi connectivity index (χ1n) is 4.92. The van der Waals surface area contributed by atoms with E-state index in [1.54, 1.807) is 6.33 Å². The van der Waals surface area contributed by atoms with Crippen LogP contribution < -0.4 is 11.1 Å². The second-order valence-electron chi connectivity index (χ2n) is 3.34. The van der Waals surface area contributed by atoms with Crippen molar-refractivity contribution < 1.29 is 0 Å². The van der Waals surface area contributed by atoms with Gasteiger partial charge in [-0.25, -0.2) is 4.98 Å². The van der Waals surface area contributed by atoms with Gasteiger partial charge in [-0.15, -0.1) is 0 Å². The Hall–Kier alpha value is -1.97. The lowest BCUT2D eigenvalue weighted by Gasteiger charge is -2.07. The Morgan fingerprint density at radius 3 is 2.93 bits per heavy atom. The average Bonchev–Trinajstić information content (AvgIpc) is 2.74. The minimum atomic E-state index is 0.780. The molecule has 15 heavy (non-hydrogen) atoms. The summed E-state index contributed by atoms with van der Waals surface area (Å²) in [5, 5.41) is 3.28. The Bertz CT molecular complexity index is 408. The van der Waals surface area contributed by atoms with E-state index in [0.29, 0.717) is 0 Å². The van der Waals surface area contributed by atoms with Crippen LogP contribution in [0.25, 0.3) is 0 Å². The lowest BCUT2D eigenvalue weighted by atomic mass is 10.2. The Balaban J connectivity index is 1.86. The predicted octanol–water partition coefficient (Wildman–Crippen LogP) is 1.65. The van der Waals surface area contributed by atoms with E-state index in [-0.39, 0.29) is 0 Å². The zero-order valence-electron chi connectivity index (χ0n) is 8.40. The zero-order chi connectivity index (χ0) is 10.5. The van der Waals surface area contributed by atoms with Crippen LogP contribution in [0.3, 0.4) is 0 Å². The number of hydrogen-bond donors (Lipinski definition) is 3. The molecular formula is C11H14N4. The van der Waals surface area contributed by atoms with Gasteiger partial charge in [-0.3, -0.25) is 0 Å². The Labute approximate surface area is 88.5 Å². The van der Waals surface area contributed by atoms with E-state index < -0.39 is 0 Å². The maximum atomic E-state index is 5.80. The molecule has 4 nitrogen and oxygen atoms in total. The number of nitrogen functional groups attached to an aromatic ring is 1. The molecule has 0 amide bonds. The van der Waals surface area contributed by atoms with Crippen molar-refractivity contribution in [2.75, 3.05) is 17.6 Å². The first-order valence-corrected chi connectivity index (χ1v) is 4.92. The van der Waals surface area contributed by atoms with E-state index in [9.17, 15) is 0 Å². The summed E-state index contributed by atoms with van der Waals surface area (Å²) in [5.74, 6) is 0. The van der Waals surface area contributed by atoms with Crippen LogP contribution in [0, 0.1) is 0 Å². The standard InChI is InChI=1S/C11H14N4/c12-10-3-1-2-4-11(10)14-6-5-9-7-13-8-15-9/h1-4,7-8,14H,5-6,12H2,(H,13,15). The fourth-order valence-electron chi connectivity index (χ4n) is 1.41. The van der Waals surface area contributed by atoms with Crippen LogP contribution in [0.2, 0.25) is 0 Å². The molecule has 0 unspecified atom stereocenters. The summed E-state index contributed by atoms with van der Waals surface area (Å²) in [6.07, 6.45) is 4.43. The first kappa shape index (κ1) is 9.58. The van der Waals surface area contributed by atoms with E-state index in [1.165, 1.54) is 0 Å². The average molecular weight is 202 g/mol. The molecule has 2 aromatic rings. The lowest BCUT2D eigenvalue weighted by molar-refractivity contribution is 0.977. The van der Waals surface area contributed by atoms with Crippen LogP contribution in [0.5, 0.6) is 0 Å². The largest absolute Gasteiger partial charge is 0.397 e. The molecule has 1 aromatic heterocycles. The number of H-pyrrole nitrogens is 1. The summed E-state index contributed by atoms with van der Waals surface area (Å²) in [7, 11) is 0. The normalized spacial score (nSPS) is 10.1. The molecular weight excluding hydrogens is 188 g/mol. The fraction of sp³-hybridized carbons (Fsp3) is 0.182. The number of nitrogens with two attached hydrogens (primary N) is 1. The minimum Gasteiger partial charge on any atom is -0.397 e. The molecule has 1 aromatic carbocycles. The number of nitrogens with zero attached hydrogens (tertiary/aromatic N) is 1. The van der Waals surface area contributed by atoms with Crippen molar-refractivity contribution in [3.8, 4) is 0 Å². The number of aromatic nitrogens is 2. The van der Waals surface area contributed by atoms with E-state index in [2.05, 4.69) is 15.3 Å². The van der Waals surface area contributed by atoms with Crippen molar-refractivity contribution in [3.63, 3.8) is 0 Å². The molecule has 4 heteroatoms. The van der Waals surface area contributed by atoms with Gasteiger partial charge < -0.3 is 16.0 Å². The molecule has 0 atom stereocenters. The molecule has 0 aliphatic carbocycles. The molecule has 0 fully saturated rings. The molecule has 0 aliphatic heterocycles. The highest BCUT2D eigenvalue weighted by atomic mass is 14.9. The number of imidazole rings is 1. The van der Waals surface area contributed by atoms with Crippen LogP contribution in [-0.4, -0.2) is 16.5 Å². The Morgan fingerprint density at radius 1 is 1.33 bits per heavy atom. The summed E-state index contributed by atoms with van der Waals surface area (Å²) >= 11 is 0. The van der Waals surface area contributed by atoms with Gasteiger partial charge in [0.2, 0.25) is 0 Å². The monoisotopic (exact) mass is 202 g/mol. The summed E-state index contributed by atoms with van der Waals surface area (Å²) in [5.41, 5.74) is 8.68. The number of hydrogen-bond acceptors (Lipinski definition) is 3. The van der Waals surface area contributed by atoms with Gasteiger partial charge in [-0.05, 0) is 12.1 Å². The van der Waals surface area contributed by atoms with Gasteiger partial charge in [0.05, 0.1) is 17.7 Å². The smallest absolute Gasteiger partial charge is 0.0921 e. The van der Waals surface area contributed by atoms with Gasteiger partial charge in [-0.2, -0.15) is 0 Å². The second-order valence-corrected chi connectivity index (χ2v) is 3.34. The SMILES string of the molecule is Nc1ccccc1NCCc1cnc[nH]1. The van der Waals surface area contributed by atoms with Gasteiger partial charge in [-0.1, -0.05) is 12.1 Å². The third-order valence-electron chi connectivity index (χ3n) is 2.23. The van der Waals surface area contributed by atoms with Gasteiger partial charge in [0.15, 0.2) is 0 Å². The highest BCUT2D eigenvalue weighted by Crippen LogP contribution is 2.16. The minimum absolute atomic E-state index is 0.780. The summed E-state index contributed by atoms with van der Waals surface area (Å²) in [6.45, 7) is 0.844. The number of nitrogens with one attached hydrogen (secondary N) is 2. The van der Waals surface area contributed by atoms with E-state index in [0.717, 1.165) is 30.0 Å². The van der Waals surface area contributed by atoms with E-state index >= 15 is 0 Å². The summed E-state index contributed by atoms with van der Waals surface area (Å²) in [4.78, 5) is 7.01. The maximum Gasteiger partial charge on any atom is 0.0921 e. The van der Waals surface area contributed by atoms with E-state index in [4.69, 9.17) is 5.73 Å². The molecule has 0 spiro atoms. The van der Waals surface area contributed by atoms with Gasteiger partial charge in [0, 0.05) is 24.9 Å². The topological polar surface area (TPSA) is 66.7 Å². The number of benzene rings is 1. The van der Waals surface area contributed by atoms with Crippen molar-refractivity contribution >= 4 is 11.4 Å². The van der Waals surface area contributed by atoms with Crippen molar-refractivity contribution in [2.24, 2.45) is 0 Å². The quantitative estimate of drug-likeness (QED) is 0.660. The summed E-state index contributed by atoms with van der Waals surface area (Å²) in [6, 6.07) is 7.76. The van der Waals surface area contributed by atoms with Crippen molar-refractivity contribution in [3.05, 3.63) is 42.5 Å². The molecule has 1 heterocycles. The van der Waals surface area contributed by atoms with Gasteiger partial charge >= 0.3 is 0 Å². The van der Waals surface area contributed by atoms with Crippen LogP contribution in [0.4, 0.5) is 11.4 Å². The maximum absolute atomic E-state index is 5.80. The van der Waals surface area contributed by atoms with E-state index in [1.807, 2.05) is 30.5 Å². The zero-order valence-corrected chi connectivity index (χ0v) is 8.40. The number of para-hydroxylation sites is 2. The molecule has 0 radical (unpaired) electrons. The lowest BCUT2D eigenvalue weighted by Crippen LogP contribution is -2.06. The van der Waals surface area contributed by atoms with Gasteiger partial charge in [0.25, 0.3) is 0 Å². The van der Waals surface area contributed by atoms with Crippen LogP contribution in [0.1, 0.15) is 5.69 Å². The fourth-order valence-corrected chi connectivity index (χ4v) is 1.41. The van der Waals surface area contributed by atoms with Crippen LogP contribution in [-0.2, 0) is 6.42 Å². The molecule has 0 saturated carbocycles.